The van der Waals surface area contributed by atoms with E-state index in [1.807, 2.05) is 78.6 Å². The van der Waals surface area contributed by atoms with Crippen LogP contribution in [0.2, 0.25) is 0 Å². The fourth-order valence-corrected chi connectivity index (χ4v) is 4.14. The third-order valence-corrected chi connectivity index (χ3v) is 6.03. The van der Waals surface area contributed by atoms with Crippen LogP contribution in [0.25, 0.3) is 11.1 Å². The number of amides is 2. The maximum absolute atomic E-state index is 12.7. The molecule has 170 valence electrons. The van der Waals surface area contributed by atoms with Crippen LogP contribution in [0.1, 0.15) is 35.7 Å². The van der Waals surface area contributed by atoms with Gasteiger partial charge in [0.25, 0.3) is 5.91 Å². The van der Waals surface area contributed by atoms with Gasteiger partial charge in [-0.15, -0.1) is 0 Å². The van der Waals surface area contributed by atoms with Gasteiger partial charge in [-0.2, -0.15) is 0 Å². The molecule has 0 atom stereocenters. The summed E-state index contributed by atoms with van der Waals surface area (Å²) in [7, 11) is 0. The summed E-state index contributed by atoms with van der Waals surface area (Å²) in [5.74, 6) is 0.883. The lowest BCUT2D eigenvalue weighted by Crippen LogP contribution is -2.46. The van der Waals surface area contributed by atoms with E-state index in [9.17, 15) is 9.59 Å². The van der Waals surface area contributed by atoms with Crippen molar-refractivity contribution in [1.82, 2.24) is 10.2 Å². The summed E-state index contributed by atoms with van der Waals surface area (Å²) in [6, 6.07) is 25.6. The minimum absolute atomic E-state index is 0.0613. The lowest BCUT2D eigenvalue weighted by molar-refractivity contribution is -0.131. The van der Waals surface area contributed by atoms with Crippen molar-refractivity contribution < 1.29 is 14.3 Å². The van der Waals surface area contributed by atoms with Gasteiger partial charge in [-0.25, -0.2) is 0 Å². The van der Waals surface area contributed by atoms with Gasteiger partial charge in [0.15, 0.2) is 0 Å². The first kappa shape index (κ1) is 22.6. The van der Waals surface area contributed by atoms with Gasteiger partial charge < -0.3 is 15.0 Å². The Labute approximate surface area is 195 Å². The summed E-state index contributed by atoms with van der Waals surface area (Å²) in [6.07, 6.45) is 1.92. The average Bonchev–Trinajstić information content (AvgIpc) is 2.86. The number of ether oxygens (including phenoxy) is 1. The molecule has 1 fully saturated rings. The third-order valence-electron chi connectivity index (χ3n) is 6.03. The zero-order chi connectivity index (χ0) is 23.0. The minimum atomic E-state index is -0.0613. The molecule has 4 rings (SSSR count). The van der Waals surface area contributed by atoms with Gasteiger partial charge in [0.05, 0.1) is 13.0 Å². The molecule has 0 radical (unpaired) electrons. The van der Waals surface area contributed by atoms with E-state index >= 15 is 0 Å². The lowest BCUT2D eigenvalue weighted by atomic mass is 10.0. The SMILES string of the molecule is CCOc1ccc(CC(=O)N2CCC(NC(=O)c3ccc(-c4ccccc4)cc3)CC2)cc1. The Bertz CT molecular complexity index is 1050. The molecule has 0 bridgehead atoms. The predicted molar refractivity (Wildman–Crippen MR) is 130 cm³/mol. The van der Waals surface area contributed by atoms with Crippen molar-refractivity contribution in [2.75, 3.05) is 19.7 Å². The Hall–Kier alpha value is -3.60. The van der Waals surface area contributed by atoms with Crippen LogP contribution in [-0.4, -0.2) is 42.5 Å². The number of likely N-dealkylation sites (tertiary alicyclic amines) is 1. The first-order valence-electron chi connectivity index (χ1n) is 11.6. The van der Waals surface area contributed by atoms with Crippen molar-refractivity contribution in [2.24, 2.45) is 0 Å². The molecule has 0 aromatic heterocycles. The van der Waals surface area contributed by atoms with Crippen molar-refractivity contribution in [3.05, 3.63) is 90.0 Å². The van der Waals surface area contributed by atoms with Crippen LogP contribution in [0.4, 0.5) is 0 Å². The van der Waals surface area contributed by atoms with E-state index in [1.54, 1.807) is 0 Å². The second-order valence-electron chi connectivity index (χ2n) is 8.33. The minimum Gasteiger partial charge on any atom is -0.494 e. The molecular weight excluding hydrogens is 412 g/mol. The zero-order valence-electron chi connectivity index (χ0n) is 19.0. The molecule has 1 heterocycles. The summed E-state index contributed by atoms with van der Waals surface area (Å²) in [6.45, 7) is 3.90. The number of benzene rings is 3. The number of carbonyl (C=O) groups excluding carboxylic acids is 2. The first-order chi connectivity index (χ1) is 16.1. The first-order valence-corrected chi connectivity index (χ1v) is 11.6. The standard InChI is InChI=1S/C28H30N2O3/c1-2-33-26-14-8-21(9-15-26)20-27(31)30-18-16-25(17-19-30)29-28(32)24-12-10-23(11-13-24)22-6-4-3-5-7-22/h3-15,25H,2,16-20H2,1H3,(H,29,32). The second-order valence-corrected chi connectivity index (χ2v) is 8.33. The molecule has 1 aliphatic rings. The Balaban J connectivity index is 1.25. The van der Waals surface area contributed by atoms with E-state index in [1.165, 1.54) is 0 Å². The summed E-state index contributed by atoms with van der Waals surface area (Å²) >= 11 is 0. The largest absolute Gasteiger partial charge is 0.494 e. The van der Waals surface area contributed by atoms with Crippen LogP contribution >= 0.6 is 0 Å². The van der Waals surface area contributed by atoms with Gasteiger partial charge >= 0.3 is 0 Å². The highest BCUT2D eigenvalue weighted by Gasteiger charge is 2.24. The molecule has 33 heavy (non-hydrogen) atoms. The second kappa shape index (κ2) is 10.8. The van der Waals surface area contributed by atoms with Gasteiger partial charge in [-0.1, -0.05) is 54.6 Å². The van der Waals surface area contributed by atoms with Crippen molar-refractivity contribution in [3.63, 3.8) is 0 Å². The summed E-state index contributed by atoms with van der Waals surface area (Å²) in [5, 5.41) is 3.13. The van der Waals surface area contributed by atoms with Crippen molar-refractivity contribution in [1.29, 1.82) is 0 Å². The quantitative estimate of drug-likeness (QED) is 0.576. The Kier molecular flexibility index (Phi) is 7.40. The van der Waals surface area contributed by atoms with E-state index in [-0.39, 0.29) is 17.9 Å². The number of nitrogens with one attached hydrogen (secondary N) is 1. The van der Waals surface area contributed by atoms with E-state index in [2.05, 4.69) is 17.4 Å². The molecule has 0 spiro atoms. The van der Waals surface area contributed by atoms with E-state index < -0.39 is 0 Å². The van der Waals surface area contributed by atoms with E-state index in [0.29, 0.717) is 31.7 Å². The van der Waals surface area contributed by atoms with Gasteiger partial charge in [0.1, 0.15) is 5.75 Å². The van der Waals surface area contributed by atoms with Crippen LogP contribution in [-0.2, 0) is 11.2 Å². The van der Waals surface area contributed by atoms with Gasteiger partial charge in [0, 0.05) is 24.7 Å². The number of hydrogen-bond donors (Lipinski definition) is 1. The monoisotopic (exact) mass is 442 g/mol. The third kappa shape index (κ3) is 6.01. The Morgan fingerprint density at radius 2 is 1.52 bits per heavy atom. The maximum atomic E-state index is 12.7. The fraction of sp³-hybridized carbons (Fsp3) is 0.286. The average molecular weight is 443 g/mol. The molecule has 0 saturated carbocycles. The molecule has 0 aliphatic carbocycles. The van der Waals surface area contributed by atoms with Crippen molar-refractivity contribution in [2.45, 2.75) is 32.2 Å². The Morgan fingerprint density at radius 3 is 2.15 bits per heavy atom. The molecule has 5 heteroatoms. The van der Waals surface area contributed by atoms with Gasteiger partial charge in [-0.3, -0.25) is 9.59 Å². The lowest BCUT2D eigenvalue weighted by Gasteiger charge is -2.32. The highest BCUT2D eigenvalue weighted by Crippen LogP contribution is 2.20. The van der Waals surface area contributed by atoms with E-state index in [4.69, 9.17) is 4.74 Å². The number of carbonyl (C=O) groups is 2. The van der Waals surface area contributed by atoms with Crippen LogP contribution in [0.15, 0.2) is 78.9 Å². The molecule has 3 aromatic carbocycles. The molecule has 3 aromatic rings. The van der Waals surface area contributed by atoms with Gasteiger partial charge in [-0.05, 0) is 60.7 Å². The normalized spacial score (nSPS) is 14.0. The summed E-state index contributed by atoms with van der Waals surface area (Å²) in [5.41, 5.74) is 3.86. The van der Waals surface area contributed by atoms with E-state index in [0.717, 1.165) is 35.3 Å². The molecule has 0 unspecified atom stereocenters. The molecule has 1 N–H and O–H groups in total. The highest BCUT2D eigenvalue weighted by molar-refractivity contribution is 5.95. The number of piperidine rings is 1. The zero-order valence-corrected chi connectivity index (χ0v) is 19.0. The summed E-state index contributed by atoms with van der Waals surface area (Å²) < 4.78 is 5.45. The number of nitrogens with zero attached hydrogens (tertiary/aromatic N) is 1. The van der Waals surface area contributed by atoms with Crippen LogP contribution in [0.5, 0.6) is 5.75 Å². The topological polar surface area (TPSA) is 58.6 Å². The summed E-state index contributed by atoms with van der Waals surface area (Å²) in [4.78, 5) is 27.3. The number of hydrogen-bond acceptors (Lipinski definition) is 3. The van der Waals surface area contributed by atoms with Crippen LogP contribution in [0.3, 0.4) is 0 Å². The Morgan fingerprint density at radius 1 is 0.879 bits per heavy atom. The predicted octanol–water partition coefficient (Wildman–Crippen LogP) is 4.72. The van der Waals surface area contributed by atoms with Crippen molar-refractivity contribution in [3.8, 4) is 16.9 Å². The number of rotatable bonds is 7. The van der Waals surface area contributed by atoms with Crippen molar-refractivity contribution >= 4 is 11.8 Å². The smallest absolute Gasteiger partial charge is 0.251 e. The van der Waals surface area contributed by atoms with Crippen LogP contribution in [0, 0.1) is 0 Å². The molecule has 2 amide bonds. The maximum Gasteiger partial charge on any atom is 0.251 e. The highest BCUT2D eigenvalue weighted by atomic mass is 16.5. The van der Waals surface area contributed by atoms with Crippen LogP contribution < -0.4 is 10.1 Å². The molecular formula is C28H30N2O3. The molecule has 1 aliphatic heterocycles. The molecule has 5 nitrogen and oxygen atoms in total. The molecule has 1 saturated heterocycles. The van der Waals surface area contributed by atoms with Gasteiger partial charge in [0.2, 0.25) is 5.91 Å². The fourth-order valence-electron chi connectivity index (χ4n) is 4.14.